The molecule has 0 radical (unpaired) electrons. The third-order valence-corrected chi connectivity index (χ3v) is 4.09. The molecule has 0 amide bonds. The van der Waals surface area contributed by atoms with Crippen LogP contribution in [0.25, 0.3) is 23.1 Å². The van der Waals surface area contributed by atoms with Crippen LogP contribution >= 0.6 is 0 Å². The third kappa shape index (κ3) is 2.65. The Hall–Kier alpha value is -3.74. The van der Waals surface area contributed by atoms with Gasteiger partial charge in [-0.2, -0.15) is 0 Å². The molecule has 1 N–H and O–H groups in total. The molecule has 0 atom stereocenters. The maximum absolute atomic E-state index is 10.9. The number of hydrogen-bond acceptors (Lipinski definition) is 6. The van der Waals surface area contributed by atoms with Crippen molar-refractivity contribution in [1.82, 2.24) is 4.98 Å². The number of allylic oxidation sites excluding steroid dienone is 1. The van der Waals surface area contributed by atoms with Crippen molar-refractivity contribution in [3.63, 3.8) is 0 Å². The Morgan fingerprint density at radius 1 is 1.19 bits per heavy atom. The zero-order valence-corrected chi connectivity index (χ0v) is 13.7. The molecule has 7 heteroatoms. The van der Waals surface area contributed by atoms with E-state index >= 15 is 0 Å². The van der Waals surface area contributed by atoms with Gasteiger partial charge in [0.05, 0.1) is 10.6 Å². The maximum Gasteiger partial charge on any atom is 0.310 e. The normalized spacial score (nSPS) is 14.3. The number of hydrogen-bond donors (Lipinski definition) is 1. The van der Waals surface area contributed by atoms with E-state index in [9.17, 15) is 15.2 Å². The van der Waals surface area contributed by atoms with Crippen LogP contribution in [-0.2, 0) is 0 Å². The first-order valence-electron chi connectivity index (χ1n) is 7.84. The number of rotatable bonds is 3. The van der Waals surface area contributed by atoms with Crippen LogP contribution in [0.1, 0.15) is 18.2 Å². The van der Waals surface area contributed by atoms with Gasteiger partial charge in [0.25, 0.3) is 5.69 Å². The molecule has 1 aliphatic heterocycles. The first-order chi connectivity index (χ1) is 12.5. The second kappa shape index (κ2) is 5.96. The zero-order chi connectivity index (χ0) is 18.3. The molecule has 2 heterocycles. The number of aromatic nitrogens is 1. The van der Waals surface area contributed by atoms with Crippen molar-refractivity contribution in [3.8, 4) is 17.4 Å². The Labute approximate surface area is 148 Å². The number of aliphatic imine (C=N–C) groups is 1. The van der Waals surface area contributed by atoms with Crippen LogP contribution in [0.15, 0.2) is 57.9 Å². The molecule has 0 aliphatic carbocycles. The first-order valence-corrected chi connectivity index (χ1v) is 7.84. The lowest BCUT2D eigenvalue weighted by Gasteiger charge is -1.99. The predicted octanol–water partition coefficient (Wildman–Crippen LogP) is 4.60. The van der Waals surface area contributed by atoms with Crippen LogP contribution in [0.5, 0.6) is 5.95 Å². The molecule has 0 saturated heterocycles. The van der Waals surface area contributed by atoms with E-state index in [0.717, 1.165) is 22.5 Å². The van der Waals surface area contributed by atoms with Gasteiger partial charge in [-0.1, -0.05) is 24.3 Å². The van der Waals surface area contributed by atoms with Gasteiger partial charge in [-0.3, -0.25) is 15.1 Å². The van der Waals surface area contributed by atoms with Crippen molar-refractivity contribution in [2.45, 2.75) is 6.92 Å². The molecule has 0 bridgehead atoms. The Morgan fingerprint density at radius 3 is 2.81 bits per heavy atom. The van der Waals surface area contributed by atoms with Crippen LogP contribution < -0.4 is 0 Å². The minimum Gasteiger partial charge on any atom is -0.479 e. The molecule has 2 aromatic carbocycles. The third-order valence-electron chi connectivity index (χ3n) is 4.09. The number of nitro groups is 1. The van der Waals surface area contributed by atoms with Crippen molar-refractivity contribution >= 4 is 28.7 Å². The SMILES string of the molecule is CC1=Nc2ccccc2C1=Cc1nc(-c2cccc([N+](=O)[O-])c2)oc1O. The van der Waals surface area contributed by atoms with Crippen molar-refractivity contribution in [1.29, 1.82) is 0 Å². The summed E-state index contributed by atoms with van der Waals surface area (Å²) in [5, 5.41) is 21.0. The molecule has 1 aromatic heterocycles. The highest BCUT2D eigenvalue weighted by Crippen LogP contribution is 2.37. The number of non-ortho nitro benzene ring substituents is 1. The van der Waals surface area contributed by atoms with Gasteiger partial charge < -0.3 is 9.52 Å². The largest absolute Gasteiger partial charge is 0.479 e. The van der Waals surface area contributed by atoms with E-state index in [4.69, 9.17) is 4.42 Å². The van der Waals surface area contributed by atoms with E-state index in [1.165, 1.54) is 18.2 Å². The van der Waals surface area contributed by atoms with E-state index in [1.54, 1.807) is 12.1 Å². The molecule has 3 aromatic rings. The number of aromatic hydroxyl groups is 1. The van der Waals surface area contributed by atoms with E-state index in [2.05, 4.69) is 9.98 Å². The molecule has 0 saturated carbocycles. The van der Waals surface area contributed by atoms with Crippen molar-refractivity contribution < 1.29 is 14.4 Å². The molecule has 4 rings (SSSR count). The van der Waals surface area contributed by atoms with E-state index < -0.39 is 4.92 Å². The molecule has 128 valence electrons. The summed E-state index contributed by atoms with van der Waals surface area (Å²) in [6, 6.07) is 13.6. The number of benzene rings is 2. The van der Waals surface area contributed by atoms with Gasteiger partial charge in [-0.05, 0) is 25.1 Å². The molecular weight excluding hydrogens is 334 g/mol. The smallest absolute Gasteiger partial charge is 0.310 e. The van der Waals surface area contributed by atoms with Crippen LogP contribution in [0.4, 0.5) is 11.4 Å². The summed E-state index contributed by atoms with van der Waals surface area (Å²) in [7, 11) is 0. The molecule has 0 unspecified atom stereocenters. The van der Waals surface area contributed by atoms with Crippen LogP contribution in [0, 0.1) is 10.1 Å². The second-order valence-electron chi connectivity index (χ2n) is 5.79. The van der Waals surface area contributed by atoms with E-state index in [0.29, 0.717) is 5.56 Å². The number of nitro benzene ring substituents is 1. The highest BCUT2D eigenvalue weighted by atomic mass is 16.6. The molecular formula is C19H13N3O4. The van der Waals surface area contributed by atoms with Crippen molar-refractivity contribution in [2.24, 2.45) is 4.99 Å². The van der Waals surface area contributed by atoms with Crippen LogP contribution in [0.2, 0.25) is 0 Å². The summed E-state index contributed by atoms with van der Waals surface area (Å²) in [6.45, 7) is 1.88. The Bertz CT molecular complexity index is 1100. The Kier molecular flexibility index (Phi) is 3.62. The van der Waals surface area contributed by atoms with Crippen molar-refractivity contribution in [3.05, 3.63) is 69.9 Å². The highest BCUT2D eigenvalue weighted by molar-refractivity contribution is 6.31. The molecule has 0 fully saturated rings. The molecule has 1 aliphatic rings. The summed E-state index contributed by atoms with van der Waals surface area (Å²) in [5.41, 5.74) is 4.04. The maximum atomic E-state index is 10.9. The predicted molar refractivity (Wildman–Crippen MR) is 97.3 cm³/mol. The number of oxazole rings is 1. The standard InChI is InChI=1S/C19H13N3O4/c1-11-15(14-7-2-3-8-16(14)20-11)10-17-19(23)26-18(21-17)12-5-4-6-13(9-12)22(24)25/h2-10,23H,1H3. The van der Waals surface area contributed by atoms with Gasteiger partial charge in [-0.25, -0.2) is 4.98 Å². The minimum absolute atomic E-state index is 0.0761. The van der Waals surface area contributed by atoms with Gasteiger partial charge in [0.2, 0.25) is 5.89 Å². The van der Waals surface area contributed by atoms with Gasteiger partial charge in [-0.15, -0.1) is 0 Å². The molecule has 0 spiro atoms. The quantitative estimate of drug-likeness (QED) is 0.551. The Balaban J connectivity index is 1.76. The zero-order valence-electron chi connectivity index (χ0n) is 13.7. The highest BCUT2D eigenvalue weighted by Gasteiger charge is 2.20. The average molecular weight is 347 g/mol. The number of fused-ring (bicyclic) bond motifs is 1. The van der Waals surface area contributed by atoms with E-state index in [1.807, 2.05) is 31.2 Å². The second-order valence-corrected chi connectivity index (χ2v) is 5.79. The van der Waals surface area contributed by atoms with E-state index in [-0.39, 0.29) is 23.2 Å². The molecule has 7 nitrogen and oxygen atoms in total. The lowest BCUT2D eigenvalue weighted by molar-refractivity contribution is -0.384. The molecule has 26 heavy (non-hydrogen) atoms. The summed E-state index contributed by atoms with van der Waals surface area (Å²) in [6.07, 6.45) is 1.70. The number of nitrogens with zero attached hydrogens (tertiary/aromatic N) is 3. The summed E-state index contributed by atoms with van der Waals surface area (Å²) < 4.78 is 5.31. The van der Waals surface area contributed by atoms with Crippen LogP contribution in [-0.4, -0.2) is 20.7 Å². The summed E-state index contributed by atoms with van der Waals surface area (Å²) in [5.74, 6) is -0.241. The summed E-state index contributed by atoms with van der Waals surface area (Å²) in [4.78, 5) is 19.2. The lowest BCUT2D eigenvalue weighted by atomic mass is 10.0. The van der Waals surface area contributed by atoms with Gasteiger partial charge in [0.1, 0.15) is 5.69 Å². The first kappa shape index (κ1) is 15.8. The van der Waals surface area contributed by atoms with Gasteiger partial charge in [0, 0.05) is 34.5 Å². The van der Waals surface area contributed by atoms with Crippen molar-refractivity contribution in [2.75, 3.05) is 0 Å². The monoisotopic (exact) mass is 347 g/mol. The average Bonchev–Trinajstić information content (AvgIpc) is 3.16. The fourth-order valence-electron chi connectivity index (χ4n) is 2.85. The lowest BCUT2D eigenvalue weighted by Crippen LogP contribution is -1.90. The minimum atomic E-state index is -0.496. The Morgan fingerprint density at radius 2 is 2.00 bits per heavy atom. The van der Waals surface area contributed by atoms with Gasteiger partial charge >= 0.3 is 5.95 Å². The fraction of sp³-hybridized carbons (Fsp3) is 0.0526. The summed E-state index contributed by atoms with van der Waals surface area (Å²) >= 11 is 0. The fourth-order valence-corrected chi connectivity index (χ4v) is 2.85. The topological polar surface area (TPSA) is 102 Å². The van der Waals surface area contributed by atoms with Crippen LogP contribution in [0.3, 0.4) is 0 Å². The number of para-hydroxylation sites is 1. The van der Waals surface area contributed by atoms with Gasteiger partial charge in [0.15, 0.2) is 0 Å².